The van der Waals surface area contributed by atoms with E-state index in [0.717, 1.165) is 5.00 Å². The Balaban J connectivity index is 2.39. The topological polar surface area (TPSA) is 75.3 Å². The van der Waals surface area contributed by atoms with Gasteiger partial charge >= 0.3 is 5.97 Å². The van der Waals surface area contributed by atoms with Gasteiger partial charge in [0.25, 0.3) is 0 Å². The molecule has 1 unspecified atom stereocenters. The molecule has 0 bridgehead atoms. The first-order valence-electron chi connectivity index (χ1n) is 3.57. The van der Waals surface area contributed by atoms with Crippen LogP contribution >= 0.6 is 22.9 Å². The number of carbonyl (C=O) groups is 1. The quantitative estimate of drug-likeness (QED) is 0.714. The van der Waals surface area contributed by atoms with Gasteiger partial charge in [0.05, 0.1) is 9.34 Å². The third-order valence-corrected chi connectivity index (χ3v) is 2.58. The predicted molar refractivity (Wildman–Crippen MR) is 53.4 cm³/mol. The zero-order valence-corrected chi connectivity index (χ0v) is 8.23. The molecule has 0 radical (unpaired) electrons. The third-order valence-electron chi connectivity index (χ3n) is 1.39. The van der Waals surface area contributed by atoms with Gasteiger partial charge in [-0.05, 0) is 12.1 Å². The highest BCUT2D eigenvalue weighted by molar-refractivity contribution is 7.19. The number of thiophene rings is 1. The van der Waals surface area contributed by atoms with E-state index < -0.39 is 12.0 Å². The Morgan fingerprint density at radius 3 is 2.92 bits per heavy atom. The second-order valence-electron chi connectivity index (χ2n) is 2.43. The summed E-state index contributed by atoms with van der Waals surface area (Å²) in [4.78, 5) is 10.3. The molecular formula is C7H9ClN2O2S. The summed E-state index contributed by atoms with van der Waals surface area (Å²) in [7, 11) is 0. The van der Waals surface area contributed by atoms with Gasteiger partial charge in [-0.25, -0.2) is 0 Å². The number of aliphatic carboxylic acids is 1. The van der Waals surface area contributed by atoms with Crippen molar-refractivity contribution in [2.75, 3.05) is 11.9 Å². The molecule has 0 fully saturated rings. The molecule has 4 nitrogen and oxygen atoms in total. The number of hydrogen-bond acceptors (Lipinski definition) is 4. The molecular weight excluding hydrogens is 212 g/mol. The molecule has 1 atom stereocenters. The van der Waals surface area contributed by atoms with E-state index in [0.29, 0.717) is 4.34 Å². The predicted octanol–water partition coefficient (Wildman–Crippen LogP) is 1.23. The normalized spacial score (nSPS) is 12.5. The highest BCUT2D eigenvalue weighted by Gasteiger charge is 2.10. The van der Waals surface area contributed by atoms with E-state index in [2.05, 4.69) is 5.32 Å². The molecule has 4 N–H and O–H groups in total. The fourth-order valence-electron chi connectivity index (χ4n) is 0.707. The number of carboxylic acid groups (broad SMARTS) is 1. The lowest BCUT2D eigenvalue weighted by molar-refractivity contribution is -0.138. The van der Waals surface area contributed by atoms with E-state index in [9.17, 15) is 4.79 Å². The fourth-order valence-corrected chi connectivity index (χ4v) is 1.66. The maximum absolute atomic E-state index is 10.3. The molecule has 0 saturated carbocycles. The van der Waals surface area contributed by atoms with Crippen LogP contribution in [0.25, 0.3) is 0 Å². The summed E-state index contributed by atoms with van der Waals surface area (Å²) in [6.45, 7) is 0.201. The molecule has 0 aliphatic heterocycles. The van der Waals surface area contributed by atoms with E-state index in [1.165, 1.54) is 11.3 Å². The van der Waals surface area contributed by atoms with Crippen LogP contribution in [0.5, 0.6) is 0 Å². The van der Waals surface area contributed by atoms with Crippen LogP contribution in [-0.2, 0) is 4.79 Å². The number of carboxylic acids is 1. The van der Waals surface area contributed by atoms with Crippen LogP contribution in [0.2, 0.25) is 4.34 Å². The standard InChI is InChI=1S/C7H9ClN2O2S/c8-5-1-2-6(13-5)10-3-4(9)7(11)12/h1-2,4,10H,3,9H2,(H,11,12). The van der Waals surface area contributed by atoms with E-state index >= 15 is 0 Å². The molecule has 0 aliphatic rings. The van der Waals surface area contributed by atoms with Crippen LogP contribution in [0.3, 0.4) is 0 Å². The van der Waals surface area contributed by atoms with E-state index in [1.54, 1.807) is 12.1 Å². The van der Waals surface area contributed by atoms with Crippen molar-refractivity contribution in [3.8, 4) is 0 Å². The maximum atomic E-state index is 10.3. The van der Waals surface area contributed by atoms with Crippen molar-refractivity contribution in [1.82, 2.24) is 0 Å². The number of halogens is 1. The van der Waals surface area contributed by atoms with Crippen LogP contribution in [0.1, 0.15) is 0 Å². The van der Waals surface area contributed by atoms with Gasteiger partial charge in [-0.2, -0.15) is 0 Å². The van der Waals surface area contributed by atoms with Crippen LogP contribution in [-0.4, -0.2) is 23.7 Å². The van der Waals surface area contributed by atoms with Crippen molar-refractivity contribution in [1.29, 1.82) is 0 Å². The van der Waals surface area contributed by atoms with Gasteiger partial charge in [0, 0.05) is 6.54 Å². The Hall–Kier alpha value is -0.780. The molecule has 0 amide bonds. The molecule has 13 heavy (non-hydrogen) atoms. The van der Waals surface area contributed by atoms with Crippen LogP contribution in [0.4, 0.5) is 5.00 Å². The van der Waals surface area contributed by atoms with E-state index in [4.69, 9.17) is 22.4 Å². The van der Waals surface area contributed by atoms with E-state index in [-0.39, 0.29) is 6.54 Å². The van der Waals surface area contributed by atoms with Crippen molar-refractivity contribution in [2.45, 2.75) is 6.04 Å². The van der Waals surface area contributed by atoms with Crippen molar-refractivity contribution in [3.63, 3.8) is 0 Å². The molecule has 0 aromatic carbocycles. The third kappa shape index (κ3) is 3.22. The Morgan fingerprint density at radius 1 is 1.77 bits per heavy atom. The lowest BCUT2D eigenvalue weighted by Gasteiger charge is -2.06. The first-order valence-corrected chi connectivity index (χ1v) is 4.76. The number of nitrogens with two attached hydrogens (primary N) is 1. The minimum atomic E-state index is -1.02. The summed E-state index contributed by atoms with van der Waals surface area (Å²) in [6.07, 6.45) is 0. The summed E-state index contributed by atoms with van der Waals surface area (Å²) in [5.41, 5.74) is 5.28. The molecule has 1 rings (SSSR count). The minimum absolute atomic E-state index is 0.201. The second kappa shape index (κ2) is 4.45. The molecule has 72 valence electrons. The average molecular weight is 221 g/mol. The summed E-state index contributed by atoms with van der Waals surface area (Å²) < 4.78 is 0.659. The molecule has 1 heterocycles. The van der Waals surface area contributed by atoms with Crippen molar-refractivity contribution >= 4 is 33.9 Å². The average Bonchev–Trinajstić information content (AvgIpc) is 2.47. The number of rotatable bonds is 4. The zero-order valence-electron chi connectivity index (χ0n) is 6.66. The van der Waals surface area contributed by atoms with Crippen molar-refractivity contribution in [2.24, 2.45) is 5.73 Å². The van der Waals surface area contributed by atoms with Crippen LogP contribution in [0.15, 0.2) is 12.1 Å². The molecule has 0 spiro atoms. The monoisotopic (exact) mass is 220 g/mol. The first kappa shape index (κ1) is 10.3. The Kier molecular flexibility index (Phi) is 3.53. The lowest BCUT2D eigenvalue weighted by atomic mass is 10.3. The van der Waals surface area contributed by atoms with Gasteiger partial charge in [-0.1, -0.05) is 11.6 Å². The van der Waals surface area contributed by atoms with Crippen molar-refractivity contribution in [3.05, 3.63) is 16.5 Å². The smallest absolute Gasteiger partial charge is 0.322 e. The lowest BCUT2D eigenvalue weighted by Crippen LogP contribution is -2.36. The highest BCUT2D eigenvalue weighted by atomic mass is 35.5. The molecule has 6 heteroatoms. The van der Waals surface area contributed by atoms with Gasteiger partial charge in [0.1, 0.15) is 6.04 Å². The fraction of sp³-hybridized carbons (Fsp3) is 0.286. The maximum Gasteiger partial charge on any atom is 0.322 e. The largest absolute Gasteiger partial charge is 0.480 e. The summed E-state index contributed by atoms with van der Waals surface area (Å²) >= 11 is 7.02. The first-order chi connectivity index (χ1) is 6.09. The number of hydrogen-bond donors (Lipinski definition) is 3. The van der Waals surface area contributed by atoms with Gasteiger partial charge in [0.2, 0.25) is 0 Å². The van der Waals surface area contributed by atoms with Crippen LogP contribution < -0.4 is 11.1 Å². The zero-order chi connectivity index (χ0) is 9.84. The van der Waals surface area contributed by atoms with Gasteiger partial charge in [0.15, 0.2) is 0 Å². The van der Waals surface area contributed by atoms with E-state index in [1.807, 2.05) is 0 Å². The summed E-state index contributed by atoms with van der Waals surface area (Å²) in [5.74, 6) is -1.02. The Bertz CT molecular complexity index is 302. The number of anilines is 1. The van der Waals surface area contributed by atoms with Crippen molar-refractivity contribution < 1.29 is 9.90 Å². The Morgan fingerprint density at radius 2 is 2.46 bits per heavy atom. The Labute approximate surface area is 84.3 Å². The van der Waals surface area contributed by atoms with Gasteiger partial charge in [-0.3, -0.25) is 4.79 Å². The SMILES string of the molecule is NC(CNc1ccc(Cl)s1)C(=O)O. The summed E-state index contributed by atoms with van der Waals surface area (Å²) in [5, 5.41) is 12.2. The van der Waals surface area contributed by atoms with Crippen LogP contribution in [0, 0.1) is 0 Å². The molecule has 1 aromatic rings. The minimum Gasteiger partial charge on any atom is -0.480 e. The molecule has 1 aromatic heterocycles. The number of nitrogens with one attached hydrogen (secondary N) is 1. The molecule has 0 aliphatic carbocycles. The van der Waals surface area contributed by atoms with Gasteiger partial charge in [-0.15, -0.1) is 11.3 Å². The summed E-state index contributed by atoms with van der Waals surface area (Å²) in [6, 6.07) is 2.63. The second-order valence-corrected chi connectivity index (χ2v) is 4.14. The highest BCUT2D eigenvalue weighted by Crippen LogP contribution is 2.25. The van der Waals surface area contributed by atoms with Gasteiger partial charge < -0.3 is 16.2 Å². The molecule has 0 saturated heterocycles.